The summed E-state index contributed by atoms with van der Waals surface area (Å²) in [4.78, 5) is 15.9. The Labute approximate surface area is 142 Å². The smallest absolute Gasteiger partial charge is 0.258 e. The molecular formula is C18H14F2N2O3. The van der Waals surface area contributed by atoms with Crippen LogP contribution in [0.5, 0.6) is 11.6 Å². The summed E-state index contributed by atoms with van der Waals surface area (Å²) in [6.07, 6.45) is 2.61. The van der Waals surface area contributed by atoms with Gasteiger partial charge in [0.2, 0.25) is 5.88 Å². The van der Waals surface area contributed by atoms with Crippen LogP contribution in [-0.4, -0.2) is 22.8 Å². The first-order valence-electron chi connectivity index (χ1n) is 7.47. The second-order valence-corrected chi connectivity index (χ2v) is 5.06. The first-order chi connectivity index (χ1) is 12.1. The Balaban J connectivity index is 1.57. The van der Waals surface area contributed by atoms with Gasteiger partial charge in [0.15, 0.2) is 0 Å². The molecule has 0 atom stereocenters. The first kappa shape index (κ1) is 16.6. The maximum atomic E-state index is 12.9. The molecule has 0 amide bonds. The van der Waals surface area contributed by atoms with Crippen molar-refractivity contribution in [3.8, 4) is 17.3 Å². The van der Waals surface area contributed by atoms with Gasteiger partial charge in [-0.2, -0.15) is 0 Å². The number of pyridine rings is 2. The molecular weight excluding hydrogens is 330 g/mol. The van der Waals surface area contributed by atoms with Crippen LogP contribution in [-0.2, 0) is 0 Å². The molecule has 2 heterocycles. The van der Waals surface area contributed by atoms with E-state index in [1.54, 1.807) is 12.3 Å². The zero-order valence-electron chi connectivity index (χ0n) is 13.1. The molecule has 2 aromatic heterocycles. The van der Waals surface area contributed by atoms with E-state index < -0.39 is 5.82 Å². The summed E-state index contributed by atoms with van der Waals surface area (Å²) in [6.45, 7) is 0.388. The number of halogens is 2. The van der Waals surface area contributed by atoms with E-state index in [0.29, 0.717) is 11.4 Å². The molecule has 0 N–H and O–H groups in total. The van der Waals surface area contributed by atoms with Crippen molar-refractivity contribution in [2.24, 2.45) is 0 Å². The van der Waals surface area contributed by atoms with Gasteiger partial charge in [0.05, 0.1) is 6.20 Å². The van der Waals surface area contributed by atoms with Crippen LogP contribution in [0, 0.1) is 11.6 Å². The lowest BCUT2D eigenvalue weighted by atomic mass is 10.3. The summed E-state index contributed by atoms with van der Waals surface area (Å²) in [7, 11) is 0. The summed E-state index contributed by atoms with van der Waals surface area (Å²) in [5, 5.41) is 0. The minimum Gasteiger partial charge on any atom is -0.490 e. The van der Waals surface area contributed by atoms with Crippen molar-refractivity contribution < 1.29 is 18.3 Å². The first-order valence-corrected chi connectivity index (χ1v) is 7.47. The Morgan fingerprint density at radius 1 is 0.920 bits per heavy atom. The summed E-state index contributed by atoms with van der Waals surface area (Å²) in [6, 6.07) is 11.2. The van der Waals surface area contributed by atoms with E-state index in [1.807, 2.05) is 0 Å². The van der Waals surface area contributed by atoms with Crippen molar-refractivity contribution in [3.63, 3.8) is 0 Å². The van der Waals surface area contributed by atoms with Crippen LogP contribution in [0.2, 0.25) is 0 Å². The molecule has 1 aromatic carbocycles. The number of aromatic nitrogens is 2. The largest absolute Gasteiger partial charge is 0.490 e. The van der Waals surface area contributed by atoms with Crippen molar-refractivity contribution in [3.05, 3.63) is 82.9 Å². The van der Waals surface area contributed by atoms with Gasteiger partial charge >= 0.3 is 0 Å². The third kappa shape index (κ3) is 4.41. The zero-order valence-corrected chi connectivity index (χ0v) is 13.1. The van der Waals surface area contributed by atoms with Crippen molar-refractivity contribution in [1.82, 2.24) is 9.55 Å². The van der Waals surface area contributed by atoms with E-state index in [0.717, 1.165) is 6.20 Å². The van der Waals surface area contributed by atoms with Gasteiger partial charge in [0.1, 0.15) is 30.6 Å². The number of benzene rings is 1. The molecule has 7 heteroatoms. The molecule has 0 bridgehead atoms. The van der Waals surface area contributed by atoms with Gasteiger partial charge in [-0.05, 0) is 36.4 Å². The monoisotopic (exact) mass is 344 g/mol. The lowest BCUT2D eigenvalue weighted by molar-refractivity contribution is 0.211. The molecule has 0 aliphatic rings. The SMILES string of the molecule is O=c1cc(OCCOc2ccc(F)cn2)ccn1-c1ccc(F)cc1. The molecule has 0 aliphatic heterocycles. The Hall–Kier alpha value is -3.22. The van der Waals surface area contributed by atoms with Crippen molar-refractivity contribution >= 4 is 0 Å². The fourth-order valence-corrected chi connectivity index (χ4v) is 2.12. The molecule has 3 aromatic rings. The Morgan fingerprint density at radius 2 is 1.64 bits per heavy atom. The molecule has 0 radical (unpaired) electrons. The normalized spacial score (nSPS) is 10.5. The molecule has 0 aliphatic carbocycles. The predicted octanol–water partition coefficient (Wildman–Crippen LogP) is 2.97. The topological polar surface area (TPSA) is 53.4 Å². The average molecular weight is 344 g/mol. The maximum Gasteiger partial charge on any atom is 0.258 e. The average Bonchev–Trinajstić information content (AvgIpc) is 2.61. The van der Waals surface area contributed by atoms with E-state index in [-0.39, 0.29) is 30.5 Å². The Morgan fingerprint density at radius 3 is 2.32 bits per heavy atom. The molecule has 5 nitrogen and oxygen atoms in total. The zero-order chi connectivity index (χ0) is 17.6. The minimum absolute atomic E-state index is 0.194. The summed E-state index contributed by atoms with van der Waals surface area (Å²) in [5.41, 5.74) is 0.258. The van der Waals surface area contributed by atoms with Gasteiger partial charge in [0.25, 0.3) is 5.56 Å². The molecule has 0 spiro atoms. The van der Waals surface area contributed by atoms with Crippen molar-refractivity contribution in [2.75, 3.05) is 13.2 Å². The fraction of sp³-hybridized carbons (Fsp3) is 0.111. The van der Waals surface area contributed by atoms with Gasteiger partial charge in [-0.3, -0.25) is 9.36 Å². The summed E-state index contributed by atoms with van der Waals surface area (Å²) in [5.74, 6) is -0.131. The number of ether oxygens (including phenoxy) is 2. The molecule has 0 saturated carbocycles. The third-order valence-corrected chi connectivity index (χ3v) is 3.30. The van der Waals surface area contributed by atoms with Crippen LogP contribution in [0.4, 0.5) is 8.78 Å². The van der Waals surface area contributed by atoms with Gasteiger partial charge in [-0.1, -0.05) is 0 Å². The van der Waals surface area contributed by atoms with Crippen LogP contribution >= 0.6 is 0 Å². The van der Waals surface area contributed by atoms with Crippen molar-refractivity contribution in [2.45, 2.75) is 0 Å². The van der Waals surface area contributed by atoms with E-state index in [2.05, 4.69) is 4.98 Å². The standard InChI is InChI=1S/C18H14F2N2O3/c19-13-1-4-15(5-2-13)22-8-7-16(11-18(22)23)24-9-10-25-17-6-3-14(20)12-21-17/h1-8,11-12H,9-10H2. The van der Waals surface area contributed by atoms with E-state index in [9.17, 15) is 13.6 Å². The quantitative estimate of drug-likeness (QED) is 0.645. The number of rotatable bonds is 6. The predicted molar refractivity (Wildman–Crippen MR) is 87.2 cm³/mol. The molecule has 0 fully saturated rings. The molecule has 0 unspecified atom stereocenters. The molecule has 128 valence electrons. The second-order valence-electron chi connectivity index (χ2n) is 5.06. The van der Waals surface area contributed by atoms with Crippen LogP contribution in [0.1, 0.15) is 0 Å². The highest BCUT2D eigenvalue weighted by atomic mass is 19.1. The van der Waals surface area contributed by atoms with Crippen LogP contribution in [0.15, 0.2) is 65.7 Å². The van der Waals surface area contributed by atoms with Crippen LogP contribution < -0.4 is 15.0 Å². The lowest BCUT2D eigenvalue weighted by Gasteiger charge is -2.09. The van der Waals surface area contributed by atoms with Gasteiger partial charge in [0, 0.05) is 24.0 Å². The Bertz CT molecular complexity index is 893. The van der Waals surface area contributed by atoms with Crippen molar-refractivity contribution in [1.29, 1.82) is 0 Å². The highest BCUT2D eigenvalue weighted by Gasteiger charge is 2.03. The van der Waals surface area contributed by atoms with E-state index in [4.69, 9.17) is 9.47 Å². The fourth-order valence-electron chi connectivity index (χ4n) is 2.12. The lowest BCUT2D eigenvalue weighted by Crippen LogP contribution is -2.17. The number of hydrogen-bond acceptors (Lipinski definition) is 4. The molecule has 25 heavy (non-hydrogen) atoms. The minimum atomic E-state index is -0.440. The molecule has 0 saturated heterocycles. The second kappa shape index (κ2) is 7.57. The number of nitrogens with zero attached hydrogens (tertiary/aromatic N) is 2. The van der Waals surface area contributed by atoms with Crippen LogP contribution in [0.25, 0.3) is 5.69 Å². The van der Waals surface area contributed by atoms with E-state index >= 15 is 0 Å². The molecule has 3 rings (SSSR count). The summed E-state index contributed by atoms with van der Waals surface area (Å²) >= 11 is 0. The third-order valence-electron chi connectivity index (χ3n) is 3.30. The highest BCUT2D eigenvalue weighted by molar-refractivity contribution is 5.33. The van der Waals surface area contributed by atoms with Gasteiger partial charge < -0.3 is 9.47 Å². The maximum absolute atomic E-state index is 12.9. The van der Waals surface area contributed by atoms with E-state index in [1.165, 1.54) is 47.0 Å². The number of hydrogen-bond donors (Lipinski definition) is 0. The summed E-state index contributed by atoms with van der Waals surface area (Å²) < 4.78 is 37.8. The van der Waals surface area contributed by atoms with Gasteiger partial charge in [-0.25, -0.2) is 13.8 Å². The highest BCUT2D eigenvalue weighted by Crippen LogP contribution is 2.11. The van der Waals surface area contributed by atoms with Gasteiger partial charge in [-0.15, -0.1) is 0 Å². The van der Waals surface area contributed by atoms with Crippen LogP contribution in [0.3, 0.4) is 0 Å². The Kier molecular flexibility index (Phi) is 5.03.